The third-order valence-electron chi connectivity index (χ3n) is 2.60. The van der Waals surface area contributed by atoms with Gasteiger partial charge in [0.2, 0.25) is 0 Å². The normalized spacial score (nSPS) is 13.2. The molecule has 0 aliphatic heterocycles. The highest BCUT2D eigenvalue weighted by Crippen LogP contribution is 2.24. The van der Waals surface area contributed by atoms with Crippen LogP contribution >= 0.6 is 0 Å². The summed E-state index contributed by atoms with van der Waals surface area (Å²) >= 11 is 0. The number of rotatable bonds is 8. The number of benzene rings is 1. The first-order valence-corrected chi connectivity index (χ1v) is 6.63. The van der Waals surface area contributed by atoms with Gasteiger partial charge in [0.25, 0.3) is 0 Å². The second kappa shape index (κ2) is 8.11. The molecule has 20 heavy (non-hydrogen) atoms. The predicted octanol–water partition coefficient (Wildman–Crippen LogP) is 3.66. The van der Waals surface area contributed by atoms with Crippen LogP contribution < -0.4 is 10.1 Å². The average molecular weight is 291 g/mol. The van der Waals surface area contributed by atoms with Gasteiger partial charge in [-0.3, -0.25) is 0 Å². The zero-order valence-electron chi connectivity index (χ0n) is 11.7. The lowest BCUT2D eigenvalue weighted by Gasteiger charge is -2.19. The van der Waals surface area contributed by atoms with Gasteiger partial charge in [-0.05, 0) is 30.7 Å². The van der Waals surface area contributed by atoms with E-state index in [0.29, 0.717) is 13.2 Å². The molecule has 1 unspecified atom stereocenters. The van der Waals surface area contributed by atoms with Crippen molar-refractivity contribution in [2.45, 2.75) is 32.7 Å². The van der Waals surface area contributed by atoms with Crippen LogP contribution in [0.5, 0.6) is 5.75 Å². The molecule has 0 heterocycles. The number of hydrogen-bond donors (Lipinski definition) is 1. The van der Waals surface area contributed by atoms with Crippen molar-refractivity contribution < 1.29 is 22.6 Å². The Kier molecular flexibility index (Phi) is 6.81. The molecule has 0 saturated carbocycles. The zero-order valence-corrected chi connectivity index (χ0v) is 11.7. The van der Waals surface area contributed by atoms with Gasteiger partial charge in [-0.15, -0.1) is 13.2 Å². The van der Waals surface area contributed by atoms with Crippen LogP contribution in [0.25, 0.3) is 0 Å². The van der Waals surface area contributed by atoms with E-state index in [4.69, 9.17) is 4.74 Å². The number of likely N-dealkylation sites (N-methyl/N-ethyl adjacent to an activating group) is 1. The molecule has 0 saturated heterocycles. The van der Waals surface area contributed by atoms with E-state index in [1.165, 1.54) is 12.1 Å². The first kappa shape index (κ1) is 16.8. The molecule has 1 aromatic rings. The summed E-state index contributed by atoms with van der Waals surface area (Å²) in [5, 5.41) is 3.24. The SMILES string of the molecule is CCCOCC(NCC)c1ccc(OC(F)(F)F)cc1. The van der Waals surface area contributed by atoms with E-state index in [-0.39, 0.29) is 11.8 Å². The van der Waals surface area contributed by atoms with Gasteiger partial charge in [-0.1, -0.05) is 26.0 Å². The molecule has 0 aliphatic rings. The monoisotopic (exact) mass is 291 g/mol. The van der Waals surface area contributed by atoms with E-state index in [9.17, 15) is 13.2 Å². The van der Waals surface area contributed by atoms with Crippen molar-refractivity contribution in [1.82, 2.24) is 5.32 Å². The van der Waals surface area contributed by atoms with Crippen molar-refractivity contribution >= 4 is 0 Å². The Morgan fingerprint density at radius 3 is 2.30 bits per heavy atom. The molecule has 6 heteroatoms. The topological polar surface area (TPSA) is 30.5 Å². The number of nitrogens with one attached hydrogen (secondary N) is 1. The minimum Gasteiger partial charge on any atom is -0.406 e. The van der Waals surface area contributed by atoms with Gasteiger partial charge < -0.3 is 14.8 Å². The number of halogens is 3. The van der Waals surface area contributed by atoms with E-state index >= 15 is 0 Å². The molecule has 0 aromatic heterocycles. The van der Waals surface area contributed by atoms with Crippen LogP contribution in [0.15, 0.2) is 24.3 Å². The molecular weight excluding hydrogens is 271 g/mol. The summed E-state index contributed by atoms with van der Waals surface area (Å²) in [4.78, 5) is 0. The van der Waals surface area contributed by atoms with Crippen molar-refractivity contribution in [1.29, 1.82) is 0 Å². The summed E-state index contributed by atoms with van der Waals surface area (Å²) in [7, 11) is 0. The van der Waals surface area contributed by atoms with Crippen LogP contribution in [0.2, 0.25) is 0 Å². The van der Waals surface area contributed by atoms with Crippen LogP contribution in [0, 0.1) is 0 Å². The molecule has 1 aromatic carbocycles. The molecule has 0 fully saturated rings. The van der Waals surface area contributed by atoms with Crippen molar-refractivity contribution in [3.05, 3.63) is 29.8 Å². The van der Waals surface area contributed by atoms with Crippen LogP contribution in [0.1, 0.15) is 31.9 Å². The number of alkyl halides is 3. The highest BCUT2D eigenvalue weighted by molar-refractivity contribution is 5.29. The zero-order chi connectivity index (χ0) is 15.0. The van der Waals surface area contributed by atoms with Gasteiger partial charge in [0.1, 0.15) is 5.75 Å². The maximum Gasteiger partial charge on any atom is 0.573 e. The molecule has 1 atom stereocenters. The summed E-state index contributed by atoms with van der Waals surface area (Å²) < 4.78 is 45.5. The van der Waals surface area contributed by atoms with Gasteiger partial charge in [-0.2, -0.15) is 0 Å². The summed E-state index contributed by atoms with van der Waals surface area (Å²) in [5.74, 6) is -0.217. The number of ether oxygens (including phenoxy) is 2. The largest absolute Gasteiger partial charge is 0.573 e. The fraction of sp³-hybridized carbons (Fsp3) is 0.571. The van der Waals surface area contributed by atoms with Gasteiger partial charge in [-0.25, -0.2) is 0 Å². The first-order chi connectivity index (χ1) is 9.46. The predicted molar refractivity (Wildman–Crippen MR) is 70.7 cm³/mol. The molecule has 1 N–H and O–H groups in total. The smallest absolute Gasteiger partial charge is 0.406 e. The molecule has 0 aliphatic carbocycles. The van der Waals surface area contributed by atoms with E-state index < -0.39 is 6.36 Å². The third-order valence-corrected chi connectivity index (χ3v) is 2.60. The Bertz CT molecular complexity index is 379. The fourth-order valence-electron chi connectivity index (χ4n) is 1.77. The summed E-state index contributed by atoms with van der Waals surface area (Å²) in [5.41, 5.74) is 0.873. The minimum atomic E-state index is -4.66. The lowest BCUT2D eigenvalue weighted by Crippen LogP contribution is -2.25. The highest BCUT2D eigenvalue weighted by Gasteiger charge is 2.31. The fourth-order valence-corrected chi connectivity index (χ4v) is 1.77. The first-order valence-electron chi connectivity index (χ1n) is 6.63. The van der Waals surface area contributed by atoms with Crippen LogP contribution in [-0.4, -0.2) is 26.1 Å². The molecule has 114 valence electrons. The summed E-state index contributed by atoms with van der Waals surface area (Å²) in [6, 6.07) is 5.82. The Morgan fingerprint density at radius 2 is 1.80 bits per heavy atom. The Labute approximate surface area is 117 Å². The molecule has 0 bridgehead atoms. The van der Waals surface area contributed by atoms with Crippen LogP contribution in [0.4, 0.5) is 13.2 Å². The van der Waals surface area contributed by atoms with Crippen molar-refractivity contribution in [2.24, 2.45) is 0 Å². The summed E-state index contributed by atoms with van der Waals surface area (Å²) in [6.45, 7) is 5.89. The second-order valence-corrected chi connectivity index (χ2v) is 4.30. The number of hydrogen-bond acceptors (Lipinski definition) is 3. The van der Waals surface area contributed by atoms with E-state index in [2.05, 4.69) is 10.1 Å². The second-order valence-electron chi connectivity index (χ2n) is 4.30. The van der Waals surface area contributed by atoms with Crippen LogP contribution in [0.3, 0.4) is 0 Å². The molecule has 0 radical (unpaired) electrons. The standard InChI is InChI=1S/C14H20F3NO2/c1-3-9-19-10-13(18-4-2)11-5-7-12(8-6-11)20-14(15,16)17/h5-8,13,18H,3-4,9-10H2,1-2H3. The van der Waals surface area contributed by atoms with Gasteiger partial charge in [0.15, 0.2) is 0 Å². The van der Waals surface area contributed by atoms with Gasteiger partial charge >= 0.3 is 6.36 Å². The Balaban J connectivity index is 2.67. The third kappa shape index (κ3) is 6.25. The Hall–Kier alpha value is -1.27. The van der Waals surface area contributed by atoms with E-state index in [0.717, 1.165) is 18.5 Å². The molecular formula is C14H20F3NO2. The molecule has 0 spiro atoms. The van der Waals surface area contributed by atoms with E-state index in [1.807, 2.05) is 13.8 Å². The summed E-state index contributed by atoms with van der Waals surface area (Å²) in [6.07, 6.45) is -3.73. The van der Waals surface area contributed by atoms with Crippen molar-refractivity contribution in [3.63, 3.8) is 0 Å². The van der Waals surface area contributed by atoms with Gasteiger partial charge in [0, 0.05) is 6.61 Å². The van der Waals surface area contributed by atoms with Crippen molar-refractivity contribution in [3.8, 4) is 5.75 Å². The lowest BCUT2D eigenvalue weighted by molar-refractivity contribution is -0.274. The molecule has 0 amide bonds. The maximum atomic E-state index is 12.1. The van der Waals surface area contributed by atoms with Crippen LogP contribution in [-0.2, 0) is 4.74 Å². The van der Waals surface area contributed by atoms with Crippen molar-refractivity contribution in [2.75, 3.05) is 19.8 Å². The highest BCUT2D eigenvalue weighted by atomic mass is 19.4. The average Bonchev–Trinajstić information content (AvgIpc) is 2.37. The molecule has 3 nitrogen and oxygen atoms in total. The van der Waals surface area contributed by atoms with Gasteiger partial charge in [0.05, 0.1) is 12.6 Å². The quantitative estimate of drug-likeness (QED) is 0.741. The molecule has 1 rings (SSSR count). The van der Waals surface area contributed by atoms with E-state index in [1.54, 1.807) is 12.1 Å². The maximum absolute atomic E-state index is 12.1. The lowest BCUT2D eigenvalue weighted by atomic mass is 10.1. The minimum absolute atomic E-state index is 0.0357. The Morgan fingerprint density at radius 1 is 1.15 bits per heavy atom.